The van der Waals surface area contributed by atoms with E-state index in [1.165, 1.54) is 6.42 Å². The van der Waals surface area contributed by atoms with Crippen molar-refractivity contribution in [3.63, 3.8) is 0 Å². The van der Waals surface area contributed by atoms with Crippen molar-refractivity contribution < 1.29 is 4.74 Å². The van der Waals surface area contributed by atoms with Crippen LogP contribution in [0, 0.1) is 11.8 Å². The molecule has 166 valence electrons. The Kier molecular flexibility index (Phi) is 7.14. The van der Waals surface area contributed by atoms with E-state index in [1.54, 1.807) is 6.20 Å². The Labute approximate surface area is 189 Å². The summed E-state index contributed by atoms with van der Waals surface area (Å²) in [4.78, 5) is 18.4. The molecule has 0 unspecified atom stereocenters. The minimum Gasteiger partial charge on any atom is -0.378 e. The lowest BCUT2D eigenvalue weighted by molar-refractivity contribution is 0.122. The van der Waals surface area contributed by atoms with Gasteiger partial charge in [-0.2, -0.15) is 9.97 Å². The van der Waals surface area contributed by atoms with Gasteiger partial charge in [-0.15, -0.1) is 0 Å². The first kappa shape index (κ1) is 21.7. The molecule has 0 aliphatic carbocycles. The minimum atomic E-state index is 0.495. The topological polar surface area (TPSA) is 78.4 Å². The van der Waals surface area contributed by atoms with Crippen LogP contribution in [0.2, 0.25) is 0 Å². The quantitative estimate of drug-likeness (QED) is 0.681. The number of aromatic nitrogens is 3. The molecule has 4 heterocycles. The zero-order chi connectivity index (χ0) is 21.6. The summed E-state index contributed by atoms with van der Waals surface area (Å²) in [6, 6.07) is 6.03. The van der Waals surface area contributed by atoms with Gasteiger partial charge in [-0.1, -0.05) is 19.9 Å². The van der Waals surface area contributed by atoms with Gasteiger partial charge in [0.05, 0.1) is 13.2 Å². The Hall–Kier alpha value is -2.52. The van der Waals surface area contributed by atoms with Gasteiger partial charge in [0.25, 0.3) is 0 Å². The molecule has 0 saturated carbocycles. The fourth-order valence-electron chi connectivity index (χ4n) is 4.28. The molecule has 0 spiro atoms. The molecule has 0 radical (unpaired) electrons. The maximum Gasteiger partial charge on any atom is 0.232 e. The standard InChI is InChI=1S/C22H31N7OS/c1-16-10-17(2)15-29(14-16)20-11-19(28-6-8-30-9-7-28)25-21(26-20)27-22(31)24-13-18-4-3-5-23-12-18/h3-5,11-12,16-17H,6-10,13-15H2,1-2H3,(H2,24,25,26,27,31)/t16-,17-/m1/s1. The highest BCUT2D eigenvalue weighted by atomic mass is 32.1. The van der Waals surface area contributed by atoms with Gasteiger partial charge in [-0.3, -0.25) is 4.98 Å². The molecule has 2 saturated heterocycles. The van der Waals surface area contributed by atoms with Gasteiger partial charge in [0.2, 0.25) is 5.95 Å². The maximum atomic E-state index is 5.52. The predicted molar refractivity (Wildman–Crippen MR) is 128 cm³/mol. The van der Waals surface area contributed by atoms with E-state index in [-0.39, 0.29) is 0 Å². The summed E-state index contributed by atoms with van der Waals surface area (Å²) in [5.41, 5.74) is 1.06. The zero-order valence-corrected chi connectivity index (χ0v) is 19.1. The van der Waals surface area contributed by atoms with Crippen molar-refractivity contribution in [2.45, 2.75) is 26.8 Å². The molecule has 0 bridgehead atoms. The van der Waals surface area contributed by atoms with E-state index in [9.17, 15) is 0 Å². The van der Waals surface area contributed by atoms with Gasteiger partial charge in [-0.05, 0) is 42.1 Å². The van der Waals surface area contributed by atoms with Crippen LogP contribution in [0.25, 0.3) is 0 Å². The third-order valence-corrected chi connectivity index (χ3v) is 5.87. The molecule has 2 N–H and O–H groups in total. The second-order valence-electron chi connectivity index (χ2n) is 8.53. The van der Waals surface area contributed by atoms with Crippen LogP contribution in [0.15, 0.2) is 30.6 Å². The molecule has 8 nitrogen and oxygen atoms in total. The van der Waals surface area contributed by atoms with Gasteiger partial charge in [-0.25, -0.2) is 0 Å². The normalized spacial score (nSPS) is 21.6. The van der Waals surface area contributed by atoms with Gasteiger partial charge >= 0.3 is 0 Å². The van der Waals surface area contributed by atoms with Crippen LogP contribution in [0.3, 0.4) is 0 Å². The highest BCUT2D eigenvalue weighted by Gasteiger charge is 2.25. The van der Waals surface area contributed by atoms with Crippen LogP contribution in [0.5, 0.6) is 0 Å². The first-order valence-corrected chi connectivity index (χ1v) is 11.4. The molecule has 2 fully saturated rings. The average molecular weight is 442 g/mol. The number of hydrogen-bond acceptors (Lipinski definition) is 7. The van der Waals surface area contributed by atoms with Crippen LogP contribution in [-0.2, 0) is 11.3 Å². The summed E-state index contributed by atoms with van der Waals surface area (Å²) in [6.45, 7) is 10.3. The van der Waals surface area contributed by atoms with Gasteiger partial charge < -0.3 is 25.2 Å². The van der Waals surface area contributed by atoms with Gasteiger partial charge in [0, 0.05) is 51.2 Å². The number of anilines is 3. The van der Waals surface area contributed by atoms with Crippen molar-refractivity contribution in [3.8, 4) is 0 Å². The van der Waals surface area contributed by atoms with E-state index in [4.69, 9.17) is 26.9 Å². The number of pyridine rings is 1. The molecular formula is C22H31N7OS. The molecule has 9 heteroatoms. The SMILES string of the molecule is C[C@@H]1C[C@@H](C)CN(c2cc(N3CCOCC3)nc(NC(=S)NCc3cccnc3)n2)C1. The Bertz CT molecular complexity index is 865. The second kappa shape index (κ2) is 10.2. The van der Waals surface area contributed by atoms with Crippen LogP contribution < -0.4 is 20.4 Å². The largest absolute Gasteiger partial charge is 0.378 e. The molecule has 31 heavy (non-hydrogen) atoms. The number of hydrogen-bond donors (Lipinski definition) is 2. The van der Waals surface area contributed by atoms with Crippen molar-refractivity contribution in [1.82, 2.24) is 20.3 Å². The van der Waals surface area contributed by atoms with E-state index in [0.29, 0.717) is 42.7 Å². The molecule has 2 aromatic rings. The van der Waals surface area contributed by atoms with E-state index in [0.717, 1.165) is 43.4 Å². The molecule has 4 rings (SSSR count). The lowest BCUT2D eigenvalue weighted by atomic mass is 9.92. The number of rotatable bonds is 5. The Morgan fingerprint density at radius 3 is 2.52 bits per heavy atom. The van der Waals surface area contributed by atoms with Gasteiger partial charge in [0.1, 0.15) is 11.6 Å². The Morgan fingerprint density at radius 1 is 1.13 bits per heavy atom. The van der Waals surface area contributed by atoms with Crippen molar-refractivity contribution >= 4 is 34.9 Å². The first-order valence-electron chi connectivity index (χ1n) is 11.0. The lowest BCUT2D eigenvalue weighted by Gasteiger charge is -2.36. The smallest absolute Gasteiger partial charge is 0.232 e. The lowest BCUT2D eigenvalue weighted by Crippen LogP contribution is -2.40. The summed E-state index contributed by atoms with van der Waals surface area (Å²) in [5.74, 6) is 3.67. The third-order valence-electron chi connectivity index (χ3n) is 5.63. The van der Waals surface area contributed by atoms with Crippen molar-refractivity contribution in [1.29, 1.82) is 0 Å². The summed E-state index contributed by atoms with van der Waals surface area (Å²) in [5, 5.41) is 6.89. The second-order valence-corrected chi connectivity index (χ2v) is 8.94. The van der Waals surface area contributed by atoms with Crippen molar-refractivity contribution in [2.24, 2.45) is 11.8 Å². The number of thiocarbonyl (C=S) groups is 1. The fraction of sp³-hybridized carbons (Fsp3) is 0.545. The highest BCUT2D eigenvalue weighted by Crippen LogP contribution is 2.28. The maximum absolute atomic E-state index is 5.52. The minimum absolute atomic E-state index is 0.495. The molecular weight excluding hydrogens is 410 g/mol. The molecule has 2 aliphatic heterocycles. The van der Waals surface area contributed by atoms with E-state index in [2.05, 4.69) is 45.3 Å². The molecule has 2 aromatic heterocycles. The average Bonchev–Trinajstić information content (AvgIpc) is 2.78. The van der Waals surface area contributed by atoms with E-state index >= 15 is 0 Å². The van der Waals surface area contributed by atoms with Crippen molar-refractivity contribution in [2.75, 3.05) is 54.5 Å². The fourth-order valence-corrected chi connectivity index (χ4v) is 4.44. The number of piperidine rings is 1. The van der Waals surface area contributed by atoms with Gasteiger partial charge in [0.15, 0.2) is 5.11 Å². The van der Waals surface area contributed by atoms with Crippen LogP contribution in [0.4, 0.5) is 17.6 Å². The summed E-state index contributed by atoms with van der Waals surface area (Å²) in [7, 11) is 0. The molecule has 0 amide bonds. The number of morpholine rings is 1. The van der Waals surface area contributed by atoms with Crippen molar-refractivity contribution in [3.05, 3.63) is 36.2 Å². The number of nitrogens with one attached hydrogen (secondary N) is 2. The van der Waals surface area contributed by atoms with E-state index < -0.39 is 0 Å². The molecule has 2 aliphatic rings. The molecule has 0 aromatic carbocycles. The predicted octanol–water partition coefficient (Wildman–Crippen LogP) is 2.68. The number of nitrogens with zero attached hydrogens (tertiary/aromatic N) is 5. The summed E-state index contributed by atoms with van der Waals surface area (Å²) in [6.07, 6.45) is 4.84. The molecule has 2 atom stereocenters. The summed E-state index contributed by atoms with van der Waals surface area (Å²) < 4.78 is 5.52. The first-order chi connectivity index (χ1) is 15.1. The highest BCUT2D eigenvalue weighted by molar-refractivity contribution is 7.80. The Balaban J connectivity index is 1.51. The van der Waals surface area contributed by atoms with Crippen LogP contribution in [-0.4, -0.2) is 59.5 Å². The third kappa shape index (κ3) is 6.01. The number of ether oxygens (including phenoxy) is 1. The van der Waals surface area contributed by atoms with E-state index in [1.807, 2.05) is 18.3 Å². The summed E-state index contributed by atoms with van der Waals surface area (Å²) >= 11 is 5.50. The zero-order valence-electron chi connectivity index (χ0n) is 18.3. The monoisotopic (exact) mass is 441 g/mol. The Morgan fingerprint density at radius 2 is 1.84 bits per heavy atom. The van der Waals surface area contributed by atoms with Crippen LogP contribution in [0.1, 0.15) is 25.8 Å². The van der Waals surface area contributed by atoms with Crippen LogP contribution >= 0.6 is 12.2 Å².